The summed E-state index contributed by atoms with van der Waals surface area (Å²) in [6.07, 6.45) is 0. The van der Waals surface area contributed by atoms with Crippen molar-refractivity contribution in [1.29, 1.82) is 0 Å². The van der Waals surface area contributed by atoms with Crippen LogP contribution in [0, 0.1) is 6.92 Å². The molecule has 0 spiro atoms. The van der Waals surface area contributed by atoms with Gasteiger partial charge in [0, 0.05) is 11.9 Å². The average Bonchev–Trinajstić information content (AvgIpc) is 2.70. The van der Waals surface area contributed by atoms with Gasteiger partial charge in [-0.2, -0.15) is 5.10 Å². The van der Waals surface area contributed by atoms with Gasteiger partial charge in [-0.25, -0.2) is 0 Å². The molecule has 16 heavy (non-hydrogen) atoms. The Balaban J connectivity index is 2.43. The van der Waals surface area contributed by atoms with Gasteiger partial charge >= 0.3 is 0 Å². The molecule has 2 heterocycles. The normalized spacial score (nSPS) is 12.1. The van der Waals surface area contributed by atoms with Gasteiger partial charge < -0.3 is 0 Å². The molecule has 0 saturated carbocycles. The number of nitrogens with zero attached hydrogens (tertiary/aromatic N) is 2. The van der Waals surface area contributed by atoms with E-state index in [1.807, 2.05) is 30.0 Å². The number of hydrogen-bond acceptors (Lipinski definition) is 2. The van der Waals surface area contributed by atoms with E-state index in [9.17, 15) is 0 Å². The first-order chi connectivity index (χ1) is 7.38. The third-order valence-electron chi connectivity index (χ3n) is 2.60. The summed E-state index contributed by atoms with van der Waals surface area (Å²) in [4.78, 5) is 2.72. The van der Waals surface area contributed by atoms with Crippen LogP contribution in [0.4, 0.5) is 0 Å². The lowest BCUT2D eigenvalue weighted by Gasteiger charge is -2.15. The van der Waals surface area contributed by atoms with Gasteiger partial charge in [-0.15, -0.1) is 11.3 Å². The Kier molecular flexibility index (Phi) is 2.66. The summed E-state index contributed by atoms with van der Waals surface area (Å²) in [7, 11) is 2.00. The predicted molar refractivity (Wildman–Crippen MR) is 70.0 cm³/mol. The average molecular weight is 234 g/mol. The van der Waals surface area contributed by atoms with Gasteiger partial charge in [0.2, 0.25) is 0 Å². The van der Waals surface area contributed by atoms with Crippen molar-refractivity contribution in [2.45, 2.75) is 33.1 Å². The van der Waals surface area contributed by atoms with Crippen molar-refractivity contribution in [2.24, 2.45) is 7.05 Å². The molecular weight excluding hydrogens is 216 g/mol. The first-order valence-corrected chi connectivity index (χ1v) is 6.31. The highest BCUT2D eigenvalue weighted by Crippen LogP contribution is 2.34. The van der Waals surface area contributed by atoms with Crippen LogP contribution >= 0.6 is 11.3 Å². The summed E-state index contributed by atoms with van der Waals surface area (Å²) in [5, 5.41) is 4.38. The molecule has 0 fully saturated rings. The minimum absolute atomic E-state index is 0.233. The zero-order valence-electron chi connectivity index (χ0n) is 10.5. The molecule has 0 aromatic carbocycles. The highest BCUT2D eigenvalue weighted by atomic mass is 32.1. The lowest BCUT2D eigenvalue weighted by Crippen LogP contribution is -2.07. The first-order valence-electron chi connectivity index (χ1n) is 5.49. The molecule has 3 heteroatoms. The summed E-state index contributed by atoms with van der Waals surface area (Å²) in [5.41, 5.74) is 2.51. The minimum atomic E-state index is 0.233. The van der Waals surface area contributed by atoms with Crippen LogP contribution < -0.4 is 0 Å². The molecule has 86 valence electrons. The van der Waals surface area contributed by atoms with E-state index in [0.717, 1.165) is 5.69 Å². The Morgan fingerprint density at radius 1 is 1.25 bits per heavy atom. The number of rotatable bonds is 1. The summed E-state index contributed by atoms with van der Waals surface area (Å²) < 4.78 is 1.95. The molecule has 0 bridgehead atoms. The van der Waals surface area contributed by atoms with Crippen LogP contribution in [-0.4, -0.2) is 9.78 Å². The number of aromatic nitrogens is 2. The summed E-state index contributed by atoms with van der Waals surface area (Å²) >= 11 is 1.86. The summed E-state index contributed by atoms with van der Waals surface area (Å²) in [6.45, 7) is 8.77. The topological polar surface area (TPSA) is 17.8 Å². The van der Waals surface area contributed by atoms with Gasteiger partial charge in [0.05, 0.1) is 16.3 Å². The van der Waals surface area contributed by atoms with Crippen molar-refractivity contribution >= 4 is 11.3 Å². The lowest BCUT2D eigenvalue weighted by atomic mass is 9.95. The Bertz CT molecular complexity index is 500. The van der Waals surface area contributed by atoms with E-state index < -0.39 is 0 Å². The highest BCUT2D eigenvalue weighted by Gasteiger charge is 2.17. The molecular formula is C13H18N2S. The Morgan fingerprint density at radius 2 is 1.94 bits per heavy atom. The van der Waals surface area contributed by atoms with Gasteiger partial charge in [-0.1, -0.05) is 20.8 Å². The molecule has 2 aromatic heterocycles. The van der Waals surface area contributed by atoms with Gasteiger partial charge in [0.15, 0.2) is 0 Å². The van der Waals surface area contributed by atoms with Gasteiger partial charge in [-0.3, -0.25) is 4.68 Å². The maximum Gasteiger partial charge on any atom is 0.0781 e. The predicted octanol–water partition coefficient (Wildman–Crippen LogP) is 3.75. The van der Waals surface area contributed by atoms with E-state index in [0.29, 0.717) is 0 Å². The third-order valence-corrected chi connectivity index (χ3v) is 4.13. The van der Waals surface area contributed by atoms with Crippen molar-refractivity contribution < 1.29 is 0 Å². The van der Waals surface area contributed by atoms with Gasteiger partial charge in [0.1, 0.15) is 0 Å². The van der Waals surface area contributed by atoms with Crippen molar-refractivity contribution in [3.05, 3.63) is 28.8 Å². The Hall–Kier alpha value is -1.09. The molecule has 2 rings (SSSR count). The van der Waals surface area contributed by atoms with Gasteiger partial charge in [-0.05, 0) is 30.5 Å². The highest BCUT2D eigenvalue weighted by molar-refractivity contribution is 7.15. The van der Waals surface area contributed by atoms with E-state index >= 15 is 0 Å². The largest absolute Gasteiger partial charge is 0.267 e. The van der Waals surface area contributed by atoms with Crippen LogP contribution in [0.25, 0.3) is 10.6 Å². The maximum atomic E-state index is 4.38. The van der Waals surface area contributed by atoms with E-state index in [1.165, 1.54) is 15.4 Å². The SMILES string of the molecule is Cc1cc(-c2ccc(C(C)(C)C)s2)n(C)n1. The number of thiophene rings is 1. The van der Waals surface area contributed by atoms with Crippen LogP contribution in [0.2, 0.25) is 0 Å². The maximum absolute atomic E-state index is 4.38. The minimum Gasteiger partial charge on any atom is -0.267 e. The van der Waals surface area contributed by atoms with E-state index in [1.54, 1.807) is 0 Å². The second kappa shape index (κ2) is 3.74. The van der Waals surface area contributed by atoms with E-state index in [4.69, 9.17) is 0 Å². The van der Waals surface area contributed by atoms with Crippen LogP contribution in [0.15, 0.2) is 18.2 Å². The van der Waals surface area contributed by atoms with Crippen molar-refractivity contribution in [3.8, 4) is 10.6 Å². The molecule has 0 atom stereocenters. The monoisotopic (exact) mass is 234 g/mol. The van der Waals surface area contributed by atoms with Crippen LogP contribution in [0.5, 0.6) is 0 Å². The second-order valence-electron chi connectivity index (χ2n) is 5.21. The van der Waals surface area contributed by atoms with E-state index in [-0.39, 0.29) is 5.41 Å². The van der Waals surface area contributed by atoms with Crippen molar-refractivity contribution in [1.82, 2.24) is 9.78 Å². The Labute approximate surface area is 101 Å². The smallest absolute Gasteiger partial charge is 0.0781 e. The van der Waals surface area contributed by atoms with Crippen LogP contribution in [0.3, 0.4) is 0 Å². The molecule has 0 amide bonds. The van der Waals surface area contributed by atoms with Crippen LogP contribution in [0.1, 0.15) is 31.3 Å². The fraction of sp³-hybridized carbons (Fsp3) is 0.462. The summed E-state index contributed by atoms with van der Waals surface area (Å²) in [6, 6.07) is 6.56. The number of aryl methyl sites for hydroxylation is 2. The molecule has 2 aromatic rings. The molecule has 0 unspecified atom stereocenters. The first kappa shape index (κ1) is 11.4. The quantitative estimate of drug-likeness (QED) is 0.734. The standard InChI is InChI=1S/C13H18N2S/c1-9-8-10(15(5)14-9)11-6-7-12(16-11)13(2,3)4/h6-8H,1-5H3. The zero-order valence-corrected chi connectivity index (χ0v) is 11.4. The second-order valence-corrected chi connectivity index (χ2v) is 6.29. The molecule has 0 N–H and O–H groups in total. The van der Waals surface area contributed by atoms with Gasteiger partial charge in [0.25, 0.3) is 0 Å². The molecule has 0 aliphatic heterocycles. The molecule has 0 saturated heterocycles. The summed E-state index contributed by atoms with van der Waals surface area (Å²) in [5.74, 6) is 0. The Morgan fingerprint density at radius 3 is 2.38 bits per heavy atom. The molecule has 0 aliphatic carbocycles. The molecule has 0 aliphatic rings. The lowest BCUT2D eigenvalue weighted by molar-refractivity contribution is 0.604. The molecule has 2 nitrogen and oxygen atoms in total. The van der Waals surface area contributed by atoms with Crippen molar-refractivity contribution in [3.63, 3.8) is 0 Å². The fourth-order valence-corrected chi connectivity index (χ4v) is 2.83. The van der Waals surface area contributed by atoms with Crippen molar-refractivity contribution in [2.75, 3.05) is 0 Å². The zero-order chi connectivity index (χ0) is 11.9. The molecule has 0 radical (unpaired) electrons. The fourth-order valence-electron chi connectivity index (χ4n) is 1.72. The van der Waals surface area contributed by atoms with Crippen LogP contribution in [-0.2, 0) is 12.5 Å². The third kappa shape index (κ3) is 2.05. The number of hydrogen-bond donors (Lipinski definition) is 0. The van der Waals surface area contributed by atoms with E-state index in [2.05, 4.69) is 44.1 Å².